The van der Waals surface area contributed by atoms with E-state index in [4.69, 9.17) is 9.52 Å². The second-order valence-corrected chi connectivity index (χ2v) is 10.8. The fraction of sp³-hybridized carbons (Fsp3) is 0.250. The van der Waals surface area contributed by atoms with E-state index in [0.29, 0.717) is 6.54 Å². The molecular formula is C36H36N2O5. The lowest BCUT2D eigenvalue weighted by atomic mass is 9.98. The highest BCUT2D eigenvalue weighted by atomic mass is 16.4. The van der Waals surface area contributed by atoms with Crippen molar-refractivity contribution in [3.05, 3.63) is 124 Å². The Kier molecular flexibility index (Phi) is 9.52. The number of fused-ring (bicyclic) bond motifs is 1. The maximum atomic E-state index is 13.3. The van der Waals surface area contributed by atoms with Crippen molar-refractivity contribution in [1.82, 2.24) is 4.57 Å². The molecule has 0 fully saturated rings. The van der Waals surface area contributed by atoms with Gasteiger partial charge in [-0.1, -0.05) is 86.1 Å². The quantitative estimate of drug-likeness (QED) is 0.144. The number of aliphatic carboxylic acids is 1. The van der Waals surface area contributed by atoms with Crippen LogP contribution in [0.15, 0.2) is 100 Å². The van der Waals surface area contributed by atoms with Gasteiger partial charge in [0.05, 0.1) is 0 Å². The van der Waals surface area contributed by atoms with Gasteiger partial charge in [0.2, 0.25) is 5.91 Å². The fourth-order valence-corrected chi connectivity index (χ4v) is 5.38. The zero-order valence-corrected chi connectivity index (χ0v) is 24.3. The van der Waals surface area contributed by atoms with E-state index in [1.807, 2.05) is 54.7 Å². The number of benzene rings is 3. The average molecular weight is 577 g/mol. The highest BCUT2D eigenvalue weighted by molar-refractivity contribution is 6.01. The third-order valence-corrected chi connectivity index (χ3v) is 7.59. The Hall–Kier alpha value is -4.91. The lowest BCUT2D eigenvalue weighted by Crippen LogP contribution is -2.27. The van der Waals surface area contributed by atoms with Gasteiger partial charge in [-0.25, -0.2) is 0 Å². The second-order valence-electron chi connectivity index (χ2n) is 10.8. The van der Waals surface area contributed by atoms with Gasteiger partial charge in [-0.05, 0) is 48.1 Å². The lowest BCUT2D eigenvalue weighted by Gasteiger charge is -2.13. The van der Waals surface area contributed by atoms with Crippen LogP contribution >= 0.6 is 0 Å². The molecule has 0 saturated heterocycles. The molecule has 0 unspecified atom stereocenters. The van der Waals surface area contributed by atoms with Crippen molar-refractivity contribution < 1.29 is 19.1 Å². The first kappa shape index (κ1) is 29.6. The van der Waals surface area contributed by atoms with Crippen LogP contribution in [-0.2, 0) is 35.4 Å². The maximum absolute atomic E-state index is 13.3. The third-order valence-electron chi connectivity index (χ3n) is 7.59. The molecule has 2 N–H and O–H groups in total. The molecule has 0 aliphatic rings. The molecule has 3 aromatic carbocycles. The Balaban J connectivity index is 1.41. The molecule has 0 saturated carbocycles. The number of unbranched alkanes of at least 4 members (excludes halogenated alkanes) is 1. The minimum Gasteiger partial charge on any atom is -0.481 e. The van der Waals surface area contributed by atoms with Crippen LogP contribution in [0.2, 0.25) is 0 Å². The van der Waals surface area contributed by atoms with E-state index in [9.17, 15) is 14.4 Å². The zero-order valence-electron chi connectivity index (χ0n) is 24.3. The van der Waals surface area contributed by atoms with Gasteiger partial charge >= 0.3 is 5.97 Å². The number of amides is 1. The molecule has 7 heteroatoms. The number of pyridine rings is 1. The van der Waals surface area contributed by atoms with Crippen molar-refractivity contribution in [3.8, 4) is 11.1 Å². The SMILES string of the molecule is CCCCc1oc2ccccc2c1Cc1ccc(-c2cc(NC(=O)CC(=O)O)c(=O)n(CCCc3ccccc3)c2)cc1. The van der Waals surface area contributed by atoms with E-state index in [2.05, 4.69) is 42.6 Å². The number of hydrogen-bond acceptors (Lipinski definition) is 4. The summed E-state index contributed by atoms with van der Waals surface area (Å²) >= 11 is 0. The molecular weight excluding hydrogens is 540 g/mol. The van der Waals surface area contributed by atoms with Crippen molar-refractivity contribution in [2.24, 2.45) is 0 Å². The topological polar surface area (TPSA) is 102 Å². The summed E-state index contributed by atoms with van der Waals surface area (Å²) in [6, 6.07) is 28.0. The largest absolute Gasteiger partial charge is 0.481 e. The van der Waals surface area contributed by atoms with Crippen LogP contribution in [0.5, 0.6) is 0 Å². The van der Waals surface area contributed by atoms with Crippen LogP contribution in [0.25, 0.3) is 22.1 Å². The molecule has 0 radical (unpaired) electrons. The van der Waals surface area contributed by atoms with Crippen LogP contribution in [0.4, 0.5) is 5.69 Å². The number of para-hydroxylation sites is 1. The van der Waals surface area contributed by atoms with Gasteiger partial charge in [0.25, 0.3) is 5.56 Å². The second kappa shape index (κ2) is 13.8. The lowest BCUT2D eigenvalue weighted by molar-refractivity contribution is -0.139. The van der Waals surface area contributed by atoms with Crippen molar-refractivity contribution in [2.45, 2.75) is 58.4 Å². The molecule has 0 bridgehead atoms. The van der Waals surface area contributed by atoms with E-state index < -0.39 is 18.3 Å². The number of carbonyl (C=O) groups is 2. The van der Waals surface area contributed by atoms with Crippen molar-refractivity contribution >= 4 is 28.5 Å². The number of hydrogen-bond donors (Lipinski definition) is 2. The van der Waals surface area contributed by atoms with Crippen LogP contribution in [0, 0.1) is 0 Å². The van der Waals surface area contributed by atoms with E-state index in [1.165, 1.54) is 11.1 Å². The van der Waals surface area contributed by atoms with Crippen LogP contribution in [0.3, 0.4) is 0 Å². The maximum Gasteiger partial charge on any atom is 0.312 e. The zero-order chi connectivity index (χ0) is 30.2. The Morgan fingerprint density at radius 3 is 2.35 bits per heavy atom. The minimum absolute atomic E-state index is 0.0676. The van der Waals surface area contributed by atoms with E-state index in [1.54, 1.807) is 10.6 Å². The molecule has 0 atom stereocenters. The molecule has 1 amide bonds. The van der Waals surface area contributed by atoms with Gasteiger partial charge in [-0.2, -0.15) is 0 Å². The molecule has 43 heavy (non-hydrogen) atoms. The Morgan fingerprint density at radius 2 is 1.60 bits per heavy atom. The number of nitrogens with one attached hydrogen (secondary N) is 1. The summed E-state index contributed by atoms with van der Waals surface area (Å²) in [7, 11) is 0. The number of aromatic nitrogens is 1. The first-order valence-electron chi connectivity index (χ1n) is 14.8. The van der Waals surface area contributed by atoms with Crippen molar-refractivity contribution in [2.75, 3.05) is 5.32 Å². The van der Waals surface area contributed by atoms with Crippen LogP contribution in [-0.4, -0.2) is 21.6 Å². The molecule has 0 aliphatic heterocycles. The molecule has 0 spiro atoms. The first-order valence-corrected chi connectivity index (χ1v) is 14.8. The van der Waals surface area contributed by atoms with E-state index in [0.717, 1.165) is 71.9 Å². The summed E-state index contributed by atoms with van der Waals surface area (Å²) in [6.07, 6.45) is 6.43. The van der Waals surface area contributed by atoms with Crippen LogP contribution < -0.4 is 10.9 Å². The van der Waals surface area contributed by atoms with Crippen molar-refractivity contribution in [3.63, 3.8) is 0 Å². The number of anilines is 1. The van der Waals surface area contributed by atoms with Gasteiger partial charge < -0.3 is 19.4 Å². The smallest absolute Gasteiger partial charge is 0.312 e. The summed E-state index contributed by atoms with van der Waals surface area (Å²) < 4.78 is 7.81. The highest BCUT2D eigenvalue weighted by Gasteiger charge is 2.16. The highest BCUT2D eigenvalue weighted by Crippen LogP contribution is 2.30. The number of carboxylic acid groups (broad SMARTS) is 1. The Morgan fingerprint density at radius 1 is 0.860 bits per heavy atom. The third kappa shape index (κ3) is 7.49. The molecule has 2 heterocycles. The summed E-state index contributed by atoms with van der Waals surface area (Å²) in [5, 5.41) is 12.7. The number of carbonyl (C=O) groups excluding carboxylic acids is 1. The van der Waals surface area contributed by atoms with Gasteiger partial charge in [0.1, 0.15) is 23.5 Å². The Labute approximate surface area is 250 Å². The molecule has 5 rings (SSSR count). The minimum atomic E-state index is -1.25. The predicted molar refractivity (Wildman–Crippen MR) is 169 cm³/mol. The first-order chi connectivity index (χ1) is 20.9. The summed E-state index contributed by atoms with van der Waals surface area (Å²) in [6.45, 7) is 2.63. The van der Waals surface area contributed by atoms with Gasteiger partial charge in [-0.15, -0.1) is 0 Å². The Bertz CT molecular complexity index is 1770. The number of carboxylic acids is 1. The fourth-order valence-electron chi connectivity index (χ4n) is 5.38. The molecule has 7 nitrogen and oxygen atoms in total. The summed E-state index contributed by atoms with van der Waals surface area (Å²) in [4.78, 5) is 36.6. The van der Waals surface area contributed by atoms with Gasteiger partial charge in [0.15, 0.2) is 0 Å². The average Bonchev–Trinajstić information content (AvgIpc) is 3.35. The number of furan rings is 1. The summed E-state index contributed by atoms with van der Waals surface area (Å²) in [5.41, 5.74) is 5.79. The van der Waals surface area contributed by atoms with Gasteiger partial charge in [-0.3, -0.25) is 14.4 Å². The van der Waals surface area contributed by atoms with Crippen LogP contribution in [0.1, 0.15) is 55.1 Å². The normalized spacial score (nSPS) is 11.1. The van der Waals surface area contributed by atoms with E-state index in [-0.39, 0.29) is 11.2 Å². The molecule has 220 valence electrons. The molecule has 5 aromatic rings. The standard InChI is InChI=1S/C36H36N2O5/c1-2-3-14-33-30(29-13-7-8-15-32(29)43-33)21-26-16-18-27(19-17-26)28-22-31(37-34(39)23-35(40)41)36(42)38(24-28)20-9-12-25-10-5-4-6-11-25/h4-8,10-11,13,15-19,22,24H,2-3,9,12,14,20-21,23H2,1H3,(H,37,39)(H,40,41). The monoisotopic (exact) mass is 576 g/mol. The number of nitrogens with zero attached hydrogens (tertiary/aromatic N) is 1. The van der Waals surface area contributed by atoms with Gasteiger partial charge in [0, 0.05) is 42.1 Å². The van der Waals surface area contributed by atoms with Crippen molar-refractivity contribution in [1.29, 1.82) is 0 Å². The summed E-state index contributed by atoms with van der Waals surface area (Å²) in [5.74, 6) is -0.953. The molecule has 2 aromatic heterocycles. The number of rotatable bonds is 13. The predicted octanol–water partition coefficient (Wildman–Crippen LogP) is 7.24. The molecule has 0 aliphatic carbocycles. The number of aryl methyl sites for hydroxylation is 3. The van der Waals surface area contributed by atoms with E-state index >= 15 is 0 Å².